The van der Waals surface area contributed by atoms with Crippen molar-refractivity contribution in [3.05, 3.63) is 59.7 Å². The van der Waals surface area contributed by atoms with Gasteiger partial charge in [0.1, 0.15) is 5.82 Å². The third-order valence-electron chi connectivity index (χ3n) is 3.41. The zero-order valence-electron chi connectivity index (χ0n) is 11.9. The van der Waals surface area contributed by atoms with Crippen LogP contribution in [0.5, 0.6) is 0 Å². The second kappa shape index (κ2) is 5.88. The van der Waals surface area contributed by atoms with E-state index in [4.69, 9.17) is 0 Å². The lowest BCUT2D eigenvalue weighted by atomic mass is 10.1. The van der Waals surface area contributed by atoms with Crippen LogP contribution in [-0.4, -0.2) is 30.8 Å². The first-order valence-corrected chi connectivity index (χ1v) is 8.42. The summed E-state index contributed by atoms with van der Waals surface area (Å²) in [6.07, 6.45) is 3.02. The van der Waals surface area contributed by atoms with Gasteiger partial charge in [-0.1, -0.05) is 0 Å². The number of carbonyl (C=O) groups excluding carboxylic acids is 1. The van der Waals surface area contributed by atoms with Crippen LogP contribution in [-0.2, 0) is 9.84 Å². The fourth-order valence-corrected chi connectivity index (χ4v) is 3.74. The molecule has 0 bridgehead atoms. The molecule has 1 amide bonds. The molecule has 0 unspecified atom stereocenters. The summed E-state index contributed by atoms with van der Waals surface area (Å²) >= 11 is 0. The number of nitrogens with zero attached hydrogens (tertiary/aromatic N) is 2. The van der Waals surface area contributed by atoms with E-state index in [1.807, 2.05) is 0 Å². The number of hydrogen-bond donors (Lipinski definition) is 1. The normalized spacial score (nSPS) is 17.5. The lowest BCUT2D eigenvalue weighted by molar-refractivity contribution is 0.0954. The molecule has 0 aliphatic carbocycles. The number of nitrogens with one attached hydrogen (secondary N) is 1. The SMILES string of the molecule is O=C(N/N=C1\CCS(=O)(=O)c2ccc(F)cc21)c1cccnc1. The zero-order valence-corrected chi connectivity index (χ0v) is 12.7. The van der Waals surface area contributed by atoms with Crippen molar-refractivity contribution in [2.24, 2.45) is 5.10 Å². The minimum atomic E-state index is -3.45. The van der Waals surface area contributed by atoms with Crippen LogP contribution >= 0.6 is 0 Å². The number of hydrogen-bond acceptors (Lipinski definition) is 5. The van der Waals surface area contributed by atoms with E-state index in [-0.39, 0.29) is 22.6 Å². The van der Waals surface area contributed by atoms with E-state index in [2.05, 4.69) is 15.5 Å². The summed E-state index contributed by atoms with van der Waals surface area (Å²) in [7, 11) is -3.45. The molecule has 118 valence electrons. The Bertz CT molecular complexity index is 895. The molecule has 0 saturated carbocycles. The van der Waals surface area contributed by atoms with Gasteiger partial charge in [-0.25, -0.2) is 18.2 Å². The summed E-state index contributed by atoms with van der Waals surface area (Å²) in [6.45, 7) is 0. The van der Waals surface area contributed by atoms with Crippen LogP contribution in [0.4, 0.5) is 4.39 Å². The number of sulfone groups is 1. The highest BCUT2D eigenvalue weighted by Crippen LogP contribution is 2.26. The maximum Gasteiger partial charge on any atom is 0.272 e. The number of pyridine rings is 1. The molecule has 0 radical (unpaired) electrons. The van der Waals surface area contributed by atoms with E-state index in [1.54, 1.807) is 12.1 Å². The number of halogens is 1. The van der Waals surface area contributed by atoms with Gasteiger partial charge in [0.05, 0.1) is 21.9 Å². The molecule has 8 heteroatoms. The Morgan fingerprint density at radius 3 is 2.87 bits per heavy atom. The minimum Gasteiger partial charge on any atom is -0.267 e. The molecule has 0 saturated heterocycles. The lowest BCUT2D eigenvalue weighted by Gasteiger charge is -2.18. The van der Waals surface area contributed by atoms with Gasteiger partial charge in [-0.05, 0) is 30.3 Å². The Hall–Kier alpha value is -2.61. The summed E-state index contributed by atoms with van der Waals surface area (Å²) < 4.78 is 37.5. The topological polar surface area (TPSA) is 88.5 Å². The van der Waals surface area contributed by atoms with Crippen LogP contribution in [0.3, 0.4) is 0 Å². The monoisotopic (exact) mass is 333 g/mol. The van der Waals surface area contributed by atoms with E-state index in [0.29, 0.717) is 11.3 Å². The molecule has 0 fully saturated rings. The number of fused-ring (bicyclic) bond motifs is 1. The third kappa shape index (κ3) is 3.11. The molecule has 6 nitrogen and oxygen atoms in total. The first-order valence-electron chi connectivity index (χ1n) is 6.77. The number of aromatic nitrogens is 1. The van der Waals surface area contributed by atoms with Gasteiger partial charge in [-0.3, -0.25) is 9.78 Å². The highest BCUT2D eigenvalue weighted by atomic mass is 32.2. The van der Waals surface area contributed by atoms with Gasteiger partial charge in [-0.2, -0.15) is 5.10 Å². The standard InChI is InChI=1S/C15H12FN3O3S/c16-11-3-4-14-12(8-11)13(5-7-23(14,21)22)18-19-15(20)10-2-1-6-17-9-10/h1-4,6,8-9H,5,7H2,(H,19,20)/b18-13+. The average molecular weight is 333 g/mol. The van der Waals surface area contributed by atoms with Crippen molar-refractivity contribution in [2.75, 3.05) is 5.75 Å². The summed E-state index contributed by atoms with van der Waals surface area (Å²) in [5.74, 6) is -1.17. The fraction of sp³-hybridized carbons (Fsp3) is 0.133. The van der Waals surface area contributed by atoms with Crippen molar-refractivity contribution >= 4 is 21.5 Å². The number of benzene rings is 1. The van der Waals surface area contributed by atoms with Gasteiger partial charge in [0, 0.05) is 24.4 Å². The maximum atomic E-state index is 13.4. The molecule has 2 heterocycles. The maximum absolute atomic E-state index is 13.4. The Balaban J connectivity index is 1.92. The highest BCUT2D eigenvalue weighted by Gasteiger charge is 2.28. The van der Waals surface area contributed by atoms with Crippen LogP contribution in [0, 0.1) is 5.82 Å². The summed E-state index contributed by atoms with van der Waals surface area (Å²) in [5, 5.41) is 3.97. The van der Waals surface area contributed by atoms with E-state index in [9.17, 15) is 17.6 Å². The van der Waals surface area contributed by atoms with Crippen molar-refractivity contribution in [1.29, 1.82) is 0 Å². The van der Waals surface area contributed by atoms with Crippen LogP contribution in [0.15, 0.2) is 52.7 Å². The second-order valence-electron chi connectivity index (χ2n) is 4.95. The smallest absolute Gasteiger partial charge is 0.267 e. The largest absolute Gasteiger partial charge is 0.272 e. The molecular weight excluding hydrogens is 321 g/mol. The molecule has 1 aromatic carbocycles. The van der Waals surface area contributed by atoms with Crippen molar-refractivity contribution in [3.63, 3.8) is 0 Å². The number of hydrazone groups is 1. The van der Waals surface area contributed by atoms with Gasteiger partial charge >= 0.3 is 0 Å². The van der Waals surface area contributed by atoms with Gasteiger partial charge < -0.3 is 0 Å². The van der Waals surface area contributed by atoms with Crippen LogP contribution in [0.25, 0.3) is 0 Å². The van der Waals surface area contributed by atoms with Gasteiger partial charge in [0.25, 0.3) is 5.91 Å². The molecule has 1 aliphatic rings. The minimum absolute atomic E-state index is 0.0273. The highest BCUT2D eigenvalue weighted by molar-refractivity contribution is 7.91. The van der Waals surface area contributed by atoms with Gasteiger partial charge in [0.2, 0.25) is 0 Å². The van der Waals surface area contributed by atoms with Crippen LogP contribution < -0.4 is 5.43 Å². The van der Waals surface area contributed by atoms with Crippen molar-refractivity contribution in [3.8, 4) is 0 Å². The molecule has 2 aromatic rings. The molecule has 0 atom stereocenters. The van der Waals surface area contributed by atoms with Crippen LogP contribution in [0.2, 0.25) is 0 Å². The van der Waals surface area contributed by atoms with E-state index >= 15 is 0 Å². The molecular formula is C15H12FN3O3S. The Morgan fingerprint density at radius 1 is 1.30 bits per heavy atom. The molecule has 1 N–H and O–H groups in total. The molecule has 1 aromatic heterocycles. The van der Waals surface area contributed by atoms with Crippen molar-refractivity contribution in [1.82, 2.24) is 10.4 Å². The Morgan fingerprint density at radius 2 is 2.13 bits per heavy atom. The fourth-order valence-electron chi connectivity index (χ4n) is 2.27. The molecule has 1 aliphatic heterocycles. The summed E-state index contributed by atoms with van der Waals surface area (Å²) in [5.41, 5.74) is 3.18. The first kappa shape index (κ1) is 15.3. The predicted molar refractivity (Wildman–Crippen MR) is 81.3 cm³/mol. The number of rotatable bonds is 2. The Kier molecular flexibility index (Phi) is 3.91. The van der Waals surface area contributed by atoms with E-state index in [1.165, 1.54) is 18.5 Å². The molecule has 0 spiro atoms. The number of amides is 1. The van der Waals surface area contributed by atoms with E-state index < -0.39 is 21.6 Å². The lowest BCUT2D eigenvalue weighted by Crippen LogP contribution is -2.26. The first-order chi connectivity index (χ1) is 11.0. The molecule has 23 heavy (non-hydrogen) atoms. The average Bonchev–Trinajstić information content (AvgIpc) is 2.54. The van der Waals surface area contributed by atoms with Crippen molar-refractivity contribution < 1.29 is 17.6 Å². The zero-order chi connectivity index (χ0) is 16.4. The third-order valence-corrected chi connectivity index (χ3v) is 5.18. The second-order valence-corrected chi connectivity index (χ2v) is 7.03. The number of carbonyl (C=O) groups is 1. The van der Waals surface area contributed by atoms with Crippen LogP contribution in [0.1, 0.15) is 22.3 Å². The quantitative estimate of drug-likeness (QED) is 0.667. The molecule has 3 rings (SSSR count). The van der Waals surface area contributed by atoms with Gasteiger partial charge in [-0.15, -0.1) is 0 Å². The summed E-state index contributed by atoms with van der Waals surface area (Å²) in [4.78, 5) is 15.8. The van der Waals surface area contributed by atoms with Crippen molar-refractivity contribution in [2.45, 2.75) is 11.3 Å². The summed E-state index contributed by atoms with van der Waals surface area (Å²) in [6, 6.07) is 6.60. The Labute approximate surface area is 132 Å². The van der Waals surface area contributed by atoms with Gasteiger partial charge in [0.15, 0.2) is 9.84 Å². The predicted octanol–water partition coefficient (Wildman–Crippen LogP) is 1.53. The van der Waals surface area contributed by atoms with E-state index in [0.717, 1.165) is 12.1 Å².